The lowest BCUT2D eigenvalue weighted by atomic mass is 10.3. The van der Waals surface area contributed by atoms with E-state index < -0.39 is 17.9 Å². The van der Waals surface area contributed by atoms with Crippen LogP contribution in [-0.2, 0) is 0 Å². The zero-order valence-corrected chi connectivity index (χ0v) is 7.35. The van der Waals surface area contributed by atoms with Crippen LogP contribution in [0.4, 0.5) is 13.2 Å². The molecule has 1 nitrogen and oxygen atoms in total. The van der Waals surface area contributed by atoms with E-state index in [1.165, 1.54) is 6.07 Å². The van der Waals surface area contributed by atoms with Gasteiger partial charge in [0.2, 0.25) is 0 Å². The summed E-state index contributed by atoms with van der Waals surface area (Å²) in [5.74, 6) is -0.958. The Morgan fingerprint density at radius 1 is 1.36 bits per heavy atom. The van der Waals surface area contributed by atoms with Crippen molar-refractivity contribution in [2.75, 3.05) is 0 Å². The zero-order chi connectivity index (χ0) is 8.43. The van der Waals surface area contributed by atoms with Crippen LogP contribution in [-0.4, -0.2) is 4.98 Å². The highest BCUT2D eigenvalue weighted by Gasteiger charge is 2.14. The first-order valence-corrected chi connectivity index (χ1v) is 3.79. The summed E-state index contributed by atoms with van der Waals surface area (Å²) in [7, 11) is 0. The van der Waals surface area contributed by atoms with Gasteiger partial charge in [0.25, 0.3) is 6.43 Å². The molecule has 1 aromatic heterocycles. The van der Waals surface area contributed by atoms with Gasteiger partial charge in [-0.2, -0.15) is 0 Å². The fourth-order valence-electron chi connectivity index (χ4n) is 0.586. The molecule has 1 heterocycles. The van der Waals surface area contributed by atoms with Gasteiger partial charge in [-0.25, -0.2) is 18.2 Å². The third kappa shape index (κ3) is 2.05. The van der Waals surface area contributed by atoms with E-state index in [9.17, 15) is 13.2 Å². The highest BCUT2D eigenvalue weighted by Crippen LogP contribution is 2.20. The Balaban J connectivity index is 3.13. The second kappa shape index (κ2) is 3.38. The molecule has 0 saturated heterocycles. The van der Waals surface area contributed by atoms with Crippen LogP contribution in [0, 0.1) is 9.52 Å². The molecule has 0 fully saturated rings. The second-order valence-electron chi connectivity index (χ2n) is 1.80. The molecule has 1 rings (SSSR count). The molecule has 0 saturated carbocycles. The third-order valence-electron chi connectivity index (χ3n) is 1.05. The number of pyridine rings is 1. The van der Waals surface area contributed by atoms with Gasteiger partial charge in [0.1, 0.15) is 9.39 Å². The lowest BCUT2D eigenvalue weighted by molar-refractivity contribution is 0.140. The van der Waals surface area contributed by atoms with Crippen LogP contribution in [0.2, 0.25) is 0 Å². The maximum Gasteiger partial charge on any atom is 0.283 e. The Hall–Kier alpha value is -0.330. The van der Waals surface area contributed by atoms with Gasteiger partial charge in [0.05, 0.1) is 0 Å². The quantitative estimate of drug-likeness (QED) is 0.566. The molecular formula is C6H3F3IN. The van der Waals surface area contributed by atoms with Gasteiger partial charge < -0.3 is 0 Å². The number of hydrogen-bond acceptors (Lipinski definition) is 1. The van der Waals surface area contributed by atoms with Crippen LogP contribution < -0.4 is 0 Å². The first-order chi connectivity index (χ1) is 5.11. The van der Waals surface area contributed by atoms with E-state index in [1.807, 2.05) is 0 Å². The van der Waals surface area contributed by atoms with Gasteiger partial charge in [-0.15, -0.1) is 0 Å². The molecule has 60 valence electrons. The molecule has 0 radical (unpaired) electrons. The lowest BCUT2D eigenvalue weighted by Crippen LogP contribution is -1.96. The Kier molecular flexibility index (Phi) is 2.69. The molecule has 0 aliphatic heterocycles. The first-order valence-electron chi connectivity index (χ1n) is 2.71. The van der Waals surface area contributed by atoms with E-state index in [2.05, 4.69) is 4.98 Å². The summed E-state index contributed by atoms with van der Waals surface area (Å²) in [5.41, 5.74) is -0.781. The molecule has 0 amide bonds. The number of hydrogen-bond donors (Lipinski definition) is 0. The number of halogens is 4. The van der Waals surface area contributed by atoms with E-state index >= 15 is 0 Å². The highest BCUT2D eigenvalue weighted by atomic mass is 127. The van der Waals surface area contributed by atoms with Crippen LogP contribution in [0.15, 0.2) is 12.1 Å². The minimum atomic E-state index is -2.84. The summed E-state index contributed by atoms with van der Waals surface area (Å²) >= 11 is 1.74. The summed E-state index contributed by atoms with van der Waals surface area (Å²) < 4.78 is 36.6. The van der Waals surface area contributed by atoms with Gasteiger partial charge in [-0.05, 0) is 34.7 Å². The Bertz CT molecular complexity index is 264. The molecule has 0 atom stereocenters. The van der Waals surface area contributed by atoms with Gasteiger partial charge in [0.15, 0.2) is 5.82 Å². The number of nitrogens with zero attached hydrogens (tertiary/aromatic N) is 1. The van der Waals surface area contributed by atoms with Crippen molar-refractivity contribution in [3.8, 4) is 0 Å². The first kappa shape index (κ1) is 8.76. The lowest BCUT2D eigenvalue weighted by Gasteiger charge is -1.99. The van der Waals surface area contributed by atoms with Gasteiger partial charge in [-0.1, -0.05) is 0 Å². The van der Waals surface area contributed by atoms with Crippen molar-refractivity contribution in [1.82, 2.24) is 4.98 Å². The standard InChI is InChI=1S/C6H3F3IN/c7-3-1-2-4(10)11-5(3)6(8)9/h1-2,6H. The van der Waals surface area contributed by atoms with Crippen molar-refractivity contribution in [2.45, 2.75) is 6.43 Å². The molecule has 0 unspecified atom stereocenters. The van der Waals surface area contributed by atoms with Crippen molar-refractivity contribution in [1.29, 1.82) is 0 Å². The Morgan fingerprint density at radius 3 is 2.45 bits per heavy atom. The molecule has 0 N–H and O–H groups in total. The smallest absolute Gasteiger partial charge is 0.238 e. The molecule has 0 spiro atoms. The van der Waals surface area contributed by atoms with Crippen LogP contribution in [0.5, 0.6) is 0 Å². The summed E-state index contributed by atoms with van der Waals surface area (Å²) in [5, 5.41) is 0. The third-order valence-corrected chi connectivity index (χ3v) is 1.65. The molecule has 0 aromatic carbocycles. The van der Waals surface area contributed by atoms with E-state index in [0.717, 1.165) is 6.07 Å². The Morgan fingerprint density at radius 2 is 2.00 bits per heavy atom. The molecule has 0 bridgehead atoms. The van der Waals surface area contributed by atoms with E-state index in [-0.39, 0.29) is 0 Å². The SMILES string of the molecule is Fc1ccc(I)nc1C(F)F. The minimum Gasteiger partial charge on any atom is -0.238 e. The number of alkyl halides is 2. The highest BCUT2D eigenvalue weighted by molar-refractivity contribution is 14.1. The molecule has 0 aliphatic carbocycles. The average Bonchev–Trinajstić information content (AvgIpc) is 1.94. The Labute approximate surface area is 74.8 Å². The summed E-state index contributed by atoms with van der Waals surface area (Å²) in [4.78, 5) is 3.33. The topological polar surface area (TPSA) is 12.9 Å². The second-order valence-corrected chi connectivity index (χ2v) is 2.91. The largest absolute Gasteiger partial charge is 0.283 e. The maximum atomic E-state index is 12.5. The average molecular weight is 273 g/mol. The molecular weight excluding hydrogens is 270 g/mol. The van der Waals surface area contributed by atoms with Crippen LogP contribution in [0.25, 0.3) is 0 Å². The summed E-state index contributed by atoms with van der Waals surface area (Å²) in [6, 6.07) is 2.32. The fraction of sp³-hybridized carbons (Fsp3) is 0.167. The fourth-order valence-corrected chi connectivity index (χ4v) is 1.03. The van der Waals surface area contributed by atoms with Crippen LogP contribution in [0.1, 0.15) is 12.1 Å². The van der Waals surface area contributed by atoms with Gasteiger partial charge >= 0.3 is 0 Å². The minimum absolute atomic E-state index is 0.360. The van der Waals surface area contributed by atoms with Gasteiger partial charge in [-0.3, -0.25) is 0 Å². The van der Waals surface area contributed by atoms with Crippen molar-refractivity contribution < 1.29 is 13.2 Å². The molecule has 1 aromatic rings. The molecule has 11 heavy (non-hydrogen) atoms. The monoisotopic (exact) mass is 273 g/mol. The zero-order valence-electron chi connectivity index (χ0n) is 5.19. The predicted octanol–water partition coefficient (Wildman–Crippen LogP) is 2.76. The normalized spacial score (nSPS) is 10.6. The predicted molar refractivity (Wildman–Crippen MR) is 41.9 cm³/mol. The van der Waals surface area contributed by atoms with E-state index in [4.69, 9.17) is 0 Å². The summed E-state index contributed by atoms with van der Waals surface area (Å²) in [6.45, 7) is 0. The van der Waals surface area contributed by atoms with E-state index in [0.29, 0.717) is 3.70 Å². The molecule has 5 heteroatoms. The van der Waals surface area contributed by atoms with Crippen molar-refractivity contribution in [2.24, 2.45) is 0 Å². The van der Waals surface area contributed by atoms with Crippen molar-refractivity contribution >= 4 is 22.6 Å². The van der Waals surface area contributed by atoms with E-state index in [1.54, 1.807) is 22.6 Å². The molecule has 0 aliphatic rings. The van der Waals surface area contributed by atoms with Gasteiger partial charge in [0, 0.05) is 0 Å². The number of aromatic nitrogens is 1. The van der Waals surface area contributed by atoms with Crippen molar-refractivity contribution in [3.05, 3.63) is 27.3 Å². The van der Waals surface area contributed by atoms with Crippen molar-refractivity contribution in [3.63, 3.8) is 0 Å². The van der Waals surface area contributed by atoms with Crippen LogP contribution in [0.3, 0.4) is 0 Å². The van der Waals surface area contributed by atoms with Crippen LogP contribution >= 0.6 is 22.6 Å². The number of rotatable bonds is 1. The maximum absolute atomic E-state index is 12.5. The summed E-state index contributed by atoms with van der Waals surface area (Å²) in [6.07, 6.45) is -2.84.